The smallest absolute Gasteiger partial charge is 0.0944 e. The number of rotatable bonds is 5. The minimum atomic E-state index is -0.472. The molecule has 0 saturated heterocycles. The van der Waals surface area contributed by atoms with Gasteiger partial charge in [0.15, 0.2) is 0 Å². The third kappa shape index (κ3) is 3.71. The first-order valence-electron chi connectivity index (χ1n) is 4.37. The van der Waals surface area contributed by atoms with Gasteiger partial charge < -0.3 is 5.11 Å². The maximum absolute atomic E-state index is 12.1. The lowest BCUT2D eigenvalue weighted by atomic mass is 9.91. The van der Waals surface area contributed by atoms with Crippen LogP contribution in [-0.2, 0) is 0 Å². The van der Waals surface area contributed by atoms with Crippen LogP contribution in [0.5, 0.6) is 0 Å². The second-order valence-corrected chi connectivity index (χ2v) is 3.39. The van der Waals surface area contributed by atoms with Gasteiger partial charge in [-0.2, -0.15) is 0 Å². The molecule has 1 nitrogen and oxygen atoms in total. The van der Waals surface area contributed by atoms with Gasteiger partial charge in [-0.1, -0.05) is 27.2 Å². The summed E-state index contributed by atoms with van der Waals surface area (Å²) in [5.41, 5.74) is 0. The van der Waals surface area contributed by atoms with Gasteiger partial charge in [0.1, 0.15) is 0 Å². The van der Waals surface area contributed by atoms with E-state index in [1.54, 1.807) is 6.92 Å². The van der Waals surface area contributed by atoms with Crippen molar-refractivity contribution in [2.75, 3.05) is 6.67 Å². The normalized spacial score (nSPS) is 19.4. The highest BCUT2D eigenvalue weighted by Crippen LogP contribution is 2.17. The zero-order valence-electron chi connectivity index (χ0n) is 7.68. The van der Waals surface area contributed by atoms with E-state index in [1.165, 1.54) is 0 Å². The van der Waals surface area contributed by atoms with E-state index < -0.39 is 12.8 Å². The summed E-state index contributed by atoms with van der Waals surface area (Å²) >= 11 is 0. The van der Waals surface area contributed by atoms with Crippen LogP contribution in [-0.4, -0.2) is 17.9 Å². The van der Waals surface area contributed by atoms with E-state index in [4.69, 9.17) is 0 Å². The van der Waals surface area contributed by atoms with Crippen molar-refractivity contribution in [3.05, 3.63) is 0 Å². The van der Waals surface area contributed by atoms with Gasteiger partial charge in [-0.25, -0.2) is 0 Å². The maximum Gasteiger partial charge on any atom is 0.0944 e. The maximum atomic E-state index is 12.1. The van der Waals surface area contributed by atoms with E-state index in [2.05, 4.69) is 6.92 Å². The molecule has 0 aromatic rings. The summed E-state index contributed by atoms with van der Waals surface area (Å²) < 4.78 is 12.1. The van der Waals surface area contributed by atoms with Crippen LogP contribution in [0.15, 0.2) is 0 Å². The lowest BCUT2D eigenvalue weighted by Gasteiger charge is -2.22. The first-order valence-corrected chi connectivity index (χ1v) is 4.37. The first-order chi connectivity index (χ1) is 5.13. The average molecular weight is 162 g/mol. The van der Waals surface area contributed by atoms with E-state index in [9.17, 15) is 9.50 Å². The highest BCUT2D eigenvalue weighted by atomic mass is 19.1. The summed E-state index contributed by atoms with van der Waals surface area (Å²) in [6.07, 6.45) is 1.56. The van der Waals surface area contributed by atoms with Crippen LogP contribution in [0.3, 0.4) is 0 Å². The fourth-order valence-electron chi connectivity index (χ4n) is 1.28. The predicted molar refractivity (Wildman–Crippen MR) is 45.2 cm³/mol. The van der Waals surface area contributed by atoms with E-state index in [-0.39, 0.29) is 11.8 Å². The molecule has 0 radical (unpaired) electrons. The summed E-state index contributed by atoms with van der Waals surface area (Å²) in [4.78, 5) is 0. The molecule has 0 saturated carbocycles. The highest BCUT2D eigenvalue weighted by Gasteiger charge is 2.19. The molecule has 68 valence electrons. The van der Waals surface area contributed by atoms with Crippen molar-refractivity contribution < 1.29 is 9.50 Å². The molecule has 11 heavy (non-hydrogen) atoms. The van der Waals surface area contributed by atoms with E-state index in [0.717, 1.165) is 12.8 Å². The summed E-state index contributed by atoms with van der Waals surface area (Å²) in [6.45, 7) is 5.37. The van der Waals surface area contributed by atoms with Crippen LogP contribution < -0.4 is 0 Å². The molecule has 1 N–H and O–H groups in total. The molecule has 0 aliphatic heterocycles. The standard InChI is InChI=1S/C9H19FO/c1-4-5-7(2)9(11)8(3)6-10/h7-9,11H,4-6H2,1-3H3. The molecular weight excluding hydrogens is 143 g/mol. The zero-order valence-corrected chi connectivity index (χ0v) is 7.68. The molecule has 0 fully saturated rings. The van der Waals surface area contributed by atoms with Gasteiger partial charge in [-0.05, 0) is 12.3 Å². The summed E-state index contributed by atoms with van der Waals surface area (Å²) in [5.74, 6) is 0.0160. The van der Waals surface area contributed by atoms with Crippen molar-refractivity contribution >= 4 is 0 Å². The van der Waals surface area contributed by atoms with Gasteiger partial charge in [-0.15, -0.1) is 0 Å². The second-order valence-electron chi connectivity index (χ2n) is 3.39. The van der Waals surface area contributed by atoms with Crippen molar-refractivity contribution in [3.8, 4) is 0 Å². The third-order valence-electron chi connectivity index (χ3n) is 2.15. The number of hydrogen-bond acceptors (Lipinski definition) is 1. The molecule has 0 aromatic heterocycles. The molecule has 0 bridgehead atoms. The van der Waals surface area contributed by atoms with Gasteiger partial charge in [0.2, 0.25) is 0 Å². The monoisotopic (exact) mass is 162 g/mol. The lowest BCUT2D eigenvalue weighted by molar-refractivity contribution is 0.0499. The molecule has 0 aliphatic rings. The number of halogens is 1. The molecule has 0 heterocycles. The quantitative estimate of drug-likeness (QED) is 0.658. The van der Waals surface area contributed by atoms with Gasteiger partial charge in [0, 0.05) is 5.92 Å². The fraction of sp³-hybridized carbons (Fsp3) is 1.00. The molecule has 3 atom stereocenters. The van der Waals surface area contributed by atoms with Crippen molar-refractivity contribution in [1.29, 1.82) is 0 Å². The van der Waals surface area contributed by atoms with Gasteiger partial charge in [-0.3, -0.25) is 4.39 Å². The Morgan fingerprint density at radius 3 is 2.18 bits per heavy atom. The van der Waals surface area contributed by atoms with Gasteiger partial charge >= 0.3 is 0 Å². The fourth-order valence-corrected chi connectivity index (χ4v) is 1.28. The Morgan fingerprint density at radius 1 is 1.27 bits per heavy atom. The Hall–Kier alpha value is -0.110. The van der Waals surface area contributed by atoms with Crippen molar-refractivity contribution in [2.45, 2.75) is 39.7 Å². The molecule has 2 heteroatoms. The first kappa shape index (κ1) is 10.9. The lowest BCUT2D eigenvalue weighted by Crippen LogP contribution is -2.26. The summed E-state index contributed by atoms with van der Waals surface area (Å²) in [5, 5.41) is 9.48. The molecule has 0 aliphatic carbocycles. The van der Waals surface area contributed by atoms with Gasteiger partial charge in [0.25, 0.3) is 0 Å². The molecule has 0 spiro atoms. The van der Waals surface area contributed by atoms with E-state index in [1.807, 2.05) is 6.92 Å². The van der Waals surface area contributed by atoms with Crippen LogP contribution in [0.25, 0.3) is 0 Å². The Kier molecular flexibility index (Phi) is 5.47. The van der Waals surface area contributed by atoms with Crippen LogP contribution in [0.1, 0.15) is 33.6 Å². The number of alkyl halides is 1. The molecule has 0 aromatic carbocycles. The third-order valence-corrected chi connectivity index (χ3v) is 2.15. The Bertz CT molecular complexity index is 95.6. The SMILES string of the molecule is CCCC(C)C(O)C(C)CF. The number of hydrogen-bond donors (Lipinski definition) is 1. The summed E-state index contributed by atoms with van der Waals surface area (Å²) in [7, 11) is 0. The Balaban J connectivity index is 3.70. The molecule has 0 amide bonds. The summed E-state index contributed by atoms with van der Waals surface area (Å²) in [6, 6.07) is 0. The minimum absolute atomic E-state index is 0.212. The highest BCUT2D eigenvalue weighted by molar-refractivity contribution is 4.69. The van der Waals surface area contributed by atoms with Crippen LogP contribution in [0, 0.1) is 11.8 Å². The Labute approximate surface area is 68.6 Å². The average Bonchev–Trinajstić information content (AvgIpc) is 2.02. The zero-order chi connectivity index (χ0) is 8.85. The number of aliphatic hydroxyl groups is 1. The van der Waals surface area contributed by atoms with Crippen molar-refractivity contribution in [1.82, 2.24) is 0 Å². The Morgan fingerprint density at radius 2 is 1.82 bits per heavy atom. The van der Waals surface area contributed by atoms with Crippen LogP contribution >= 0.6 is 0 Å². The van der Waals surface area contributed by atoms with E-state index in [0.29, 0.717) is 0 Å². The van der Waals surface area contributed by atoms with Crippen molar-refractivity contribution in [3.63, 3.8) is 0 Å². The topological polar surface area (TPSA) is 20.2 Å². The largest absolute Gasteiger partial charge is 0.392 e. The predicted octanol–water partition coefficient (Wildman–Crippen LogP) is 2.39. The number of aliphatic hydroxyl groups excluding tert-OH is 1. The second kappa shape index (κ2) is 5.53. The minimum Gasteiger partial charge on any atom is -0.392 e. The van der Waals surface area contributed by atoms with E-state index >= 15 is 0 Å². The molecule has 3 unspecified atom stereocenters. The van der Waals surface area contributed by atoms with Crippen LogP contribution in [0.4, 0.5) is 4.39 Å². The van der Waals surface area contributed by atoms with Gasteiger partial charge in [0.05, 0.1) is 12.8 Å². The molecule has 0 rings (SSSR count). The molecular formula is C9H19FO. The van der Waals surface area contributed by atoms with Crippen molar-refractivity contribution in [2.24, 2.45) is 11.8 Å². The van der Waals surface area contributed by atoms with Crippen LogP contribution in [0.2, 0.25) is 0 Å².